The van der Waals surface area contributed by atoms with Crippen LogP contribution in [0.1, 0.15) is 25.5 Å². The molecule has 0 aliphatic carbocycles. The van der Waals surface area contributed by atoms with Crippen LogP contribution in [0.15, 0.2) is 30.3 Å². The molecule has 0 atom stereocenters. The highest BCUT2D eigenvalue weighted by Crippen LogP contribution is 2.20. The Bertz CT molecular complexity index is 601. The predicted molar refractivity (Wildman–Crippen MR) is 84.6 cm³/mol. The van der Waals surface area contributed by atoms with E-state index in [0.717, 1.165) is 30.9 Å². The van der Waals surface area contributed by atoms with E-state index in [1.807, 2.05) is 20.0 Å². The lowest BCUT2D eigenvalue weighted by atomic mass is 10.3. The van der Waals surface area contributed by atoms with E-state index in [0.29, 0.717) is 11.6 Å². The Kier molecular flexibility index (Phi) is 5.09. The largest absolute Gasteiger partial charge is 0.360 e. The van der Waals surface area contributed by atoms with Gasteiger partial charge >= 0.3 is 0 Å². The Morgan fingerprint density at radius 3 is 2.71 bits per heavy atom. The van der Waals surface area contributed by atoms with Crippen molar-refractivity contribution in [2.45, 2.75) is 26.7 Å². The van der Waals surface area contributed by atoms with Crippen molar-refractivity contribution in [2.75, 3.05) is 23.8 Å². The molecule has 0 saturated carbocycles. The van der Waals surface area contributed by atoms with E-state index >= 15 is 0 Å². The van der Waals surface area contributed by atoms with Gasteiger partial charge in [-0.1, -0.05) is 25.5 Å². The van der Waals surface area contributed by atoms with Crippen LogP contribution in [0.5, 0.6) is 0 Å². The molecule has 1 heterocycles. The van der Waals surface area contributed by atoms with E-state index in [9.17, 15) is 4.39 Å². The molecule has 0 unspecified atom stereocenters. The van der Waals surface area contributed by atoms with Crippen LogP contribution < -0.4 is 10.2 Å². The summed E-state index contributed by atoms with van der Waals surface area (Å²) in [6, 6.07) is 8.44. The first kappa shape index (κ1) is 15.2. The number of unbranched alkanes of at least 4 members (excludes halogenated alkanes) is 1. The highest BCUT2D eigenvalue weighted by atomic mass is 19.1. The Morgan fingerprint density at radius 2 is 2.00 bits per heavy atom. The Labute approximate surface area is 125 Å². The predicted octanol–water partition coefficient (Wildman–Crippen LogP) is 3.90. The van der Waals surface area contributed by atoms with Crippen molar-refractivity contribution >= 4 is 17.5 Å². The van der Waals surface area contributed by atoms with Crippen molar-refractivity contribution in [3.63, 3.8) is 0 Å². The highest BCUT2D eigenvalue weighted by molar-refractivity contribution is 5.56. The maximum atomic E-state index is 13.7. The minimum absolute atomic E-state index is 0.316. The molecule has 1 aromatic heterocycles. The summed E-state index contributed by atoms with van der Waals surface area (Å²) in [7, 11) is 2.00. The number of hydrogen-bond acceptors (Lipinski definition) is 4. The first-order chi connectivity index (χ1) is 10.1. The zero-order valence-electron chi connectivity index (χ0n) is 12.7. The fourth-order valence-electron chi connectivity index (χ4n) is 2.00. The van der Waals surface area contributed by atoms with E-state index in [2.05, 4.69) is 27.1 Å². The van der Waals surface area contributed by atoms with Crippen LogP contribution in [-0.2, 0) is 0 Å². The lowest BCUT2D eigenvalue weighted by molar-refractivity contribution is 0.631. The SMILES string of the molecule is CCCCN(C)c1cc(C)nc(Nc2ccccc2F)n1. The smallest absolute Gasteiger partial charge is 0.229 e. The second-order valence-corrected chi connectivity index (χ2v) is 5.07. The molecule has 0 radical (unpaired) electrons. The van der Waals surface area contributed by atoms with E-state index in [1.54, 1.807) is 18.2 Å². The van der Waals surface area contributed by atoms with Crippen LogP contribution >= 0.6 is 0 Å². The van der Waals surface area contributed by atoms with Crippen molar-refractivity contribution in [3.8, 4) is 0 Å². The summed E-state index contributed by atoms with van der Waals surface area (Å²) < 4.78 is 13.7. The summed E-state index contributed by atoms with van der Waals surface area (Å²) in [6.45, 7) is 5.00. The monoisotopic (exact) mass is 288 g/mol. The van der Waals surface area contributed by atoms with Crippen LogP contribution in [-0.4, -0.2) is 23.6 Å². The fourth-order valence-corrected chi connectivity index (χ4v) is 2.00. The van der Waals surface area contributed by atoms with Gasteiger partial charge in [-0.25, -0.2) is 9.37 Å². The number of aryl methyl sites for hydroxylation is 1. The van der Waals surface area contributed by atoms with E-state index in [-0.39, 0.29) is 5.82 Å². The number of hydrogen-bond donors (Lipinski definition) is 1. The molecule has 0 amide bonds. The Balaban J connectivity index is 2.21. The number of rotatable bonds is 6. The van der Waals surface area contributed by atoms with Crippen molar-refractivity contribution < 1.29 is 4.39 Å². The summed E-state index contributed by atoms with van der Waals surface area (Å²) in [6.07, 6.45) is 2.24. The second kappa shape index (κ2) is 7.02. The first-order valence-corrected chi connectivity index (χ1v) is 7.18. The summed E-state index contributed by atoms with van der Waals surface area (Å²) in [5.74, 6) is 0.941. The van der Waals surface area contributed by atoms with E-state index in [1.165, 1.54) is 6.07 Å². The zero-order valence-corrected chi connectivity index (χ0v) is 12.7. The molecule has 0 aliphatic rings. The molecule has 2 aromatic rings. The number of halogens is 1. The van der Waals surface area contributed by atoms with Gasteiger partial charge in [-0.15, -0.1) is 0 Å². The minimum atomic E-state index is -0.316. The maximum absolute atomic E-state index is 13.7. The van der Waals surface area contributed by atoms with Crippen LogP contribution in [0, 0.1) is 12.7 Å². The third-order valence-corrected chi connectivity index (χ3v) is 3.20. The number of anilines is 3. The highest BCUT2D eigenvalue weighted by Gasteiger charge is 2.08. The Hall–Kier alpha value is -2.17. The molecular weight excluding hydrogens is 267 g/mol. The normalized spacial score (nSPS) is 10.5. The summed E-state index contributed by atoms with van der Waals surface area (Å²) in [4.78, 5) is 10.9. The third-order valence-electron chi connectivity index (χ3n) is 3.20. The van der Waals surface area contributed by atoms with E-state index in [4.69, 9.17) is 0 Å². The van der Waals surface area contributed by atoms with Gasteiger partial charge < -0.3 is 10.2 Å². The fraction of sp³-hybridized carbons (Fsp3) is 0.375. The van der Waals surface area contributed by atoms with Crippen LogP contribution in [0.25, 0.3) is 0 Å². The van der Waals surface area contributed by atoms with Crippen molar-refractivity contribution in [3.05, 3.63) is 41.8 Å². The molecule has 1 N–H and O–H groups in total. The summed E-state index contributed by atoms with van der Waals surface area (Å²) in [5, 5.41) is 2.94. The quantitative estimate of drug-likeness (QED) is 0.875. The van der Waals surface area contributed by atoms with Gasteiger partial charge in [0, 0.05) is 25.4 Å². The molecule has 0 saturated heterocycles. The molecule has 4 nitrogen and oxygen atoms in total. The van der Waals surface area contributed by atoms with Gasteiger partial charge in [-0.2, -0.15) is 4.98 Å². The number of benzene rings is 1. The summed E-state index contributed by atoms with van der Waals surface area (Å²) >= 11 is 0. The van der Waals surface area contributed by atoms with Gasteiger partial charge in [0.25, 0.3) is 0 Å². The van der Waals surface area contributed by atoms with Crippen molar-refractivity contribution in [1.29, 1.82) is 0 Å². The van der Waals surface area contributed by atoms with E-state index < -0.39 is 0 Å². The molecule has 0 fully saturated rings. The molecule has 0 aliphatic heterocycles. The van der Waals surface area contributed by atoms with Crippen LogP contribution in [0.2, 0.25) is 0 Å². The number of aromatic nitrogens is 2. The molecule has 21 heavy (non-hydrogen) atoms. The number of para-hydroxylation sites is 1. The standard InChI is InChI=1S/C16H21FN4/c1-4-5-10-21(3)15-11-12(2)18-16(20-15)19-14-9-7-6-8-13(14)17/h6-9,11H,4-5,10H2,1-3H3,(H,18,19,20). The van der Waals surface area contributed by atoms with Crippen molar-refractivity contribution in [1.82, 2.24) is 9.97 Å². The molecule has 5 heteroatoms. The van der Waals surface area contributed by atoms with Gasteiger partial charge in [0.1, 0.15) is 11.6 Å². The van der Waals surface area contributed by atoms with Gasteiger partial charge in [0.15, 0.2) is 0 Å². The molecule has 0 bridgehead atoms. The molecule has 1 aromatic carbocycles. The van der Waals surface area contributed by atoms with Gasteiger partial charge in [-0.3, -0.25) is 0 Å². The Morgan fingerprint density at radius 1 is 1.24 bits per heavy atom. The van der Waals surface area contributed by atoms with Crippen LogP contribution in [0.3, 0.4) is 0 Å². The molecule has 112 valence electrons. The average Bonchev–Trinajstić information content (AvgIpc) is 2.46. The van der Waals surface area contributed by atoms with Crippen LogP contribution in [0.4, 0.5) is 21.8 Å². The number of nitrogens with one attached hydrogen (secondary N) is 1. The van der Waals surface area contributed by atoms with Crippen molar-refractivity contribution in [2.24, 2.45) is 0 Å². The lowest BCUT2D eigenvalue weighted by Gasteiger charge is -2.19. The maximum Gasteiger partial charge on any atom is 0.229 e. The molecule has 0 spiro atoms. The average molecular weight is 288 g/mol. The molecular formula is C16H21FN4. The number of nitrogens with zero attached hydrogens (tertiary/aromatic N) is 3. The minimum Gasteiger partial charge on any atom is -0.360 e. The molecule has 2 rings (SSSR count). The zero-order chi connectivity index (χ0) is 15.2. The topological polar surface area (TPSA) is 41.1 Å². The second-order valence-electron chi connectivity index (χ2n) is 5.07. The van der Waals surface area contributed by atoms with Gasteiger partial charge in [0.05, 0.1) is 5.69 Å². The lowest BCUT2D eigenvalue weighted by Crippen LogP contribution is -2.20. The van der Waals surface area contributed by atoms with Gasteiger partial charge in [0.2, 0.25) is 5.95 Å². The first-order valence-electron chi connectivity index (χ1n) is 7.18. The summed E-state index contributed by atoms with van der Waals surface area (Å²) in [5.41, 5.74) is 1.23. The third kappa shape index (κ3) is 4.15. The van der Waals surface area contributed by atoms with Gasteiger partial charge in [-0.05, 0) is 25.5 Å².